The monoisotopic (exact) mass is 667 g/mol. The number of anilines is 1. The second-order valence-corrected chi connectivity index (χ2v) is 12.9. The van der Waals surface area contributed by atoms with E-state index in [-0.39, 0.29) is 17.3 Å². The molecule has 3 rings (SSSR count). The lowest BCUT2D eigenvalue weighted by atomic mass is 10.1. The molecule has 0 saturated carbocycles. The summed E-state index contributed by atoms with van der Waals surface area (Å²) in [5.74, 6) is -0.850. The number of carbonyl (C=O) groups is 2. The maximum absolute atomic E-state index is 14.0. The highest BCUT2D eigenvalue weighted by Gasteiger charge is 2.33. The Balaban J connectivity index is 2.06. The van der Waals surface area contributed by atoms with Crippen LogP contribution in [0.4, 0.5) is 5.69 Å². The molecular weight excluding hydrogens is 637 g/mol. The first-order chi connectivity index (χ1) is 19.0. The van der Waals surface area contributed by atoms with Gasteiger partial charge in [0.05, 0.1) is 20.6 Å². The number of hydrogen-bond donors (Lipinski definition) is 1. The highest BCUT2D eigenvalue weighted by atomic mass is 79.9. The Labute approximate surface area is 254 Å². The van der Waals surface area contributed by atoms with E-state index in [2.05, 4.69) is 21.2 Å². The first kappa shape index (κ1) is 31.9. The van der Waals surface area contributed by atoms with Crippen molar-refractivity contribution in [3.05, 3.63) is 92.4 Å². The van der Waals surface area contributed by atoms with Crippen LogP contribution in [0.25, 0.3) is 0 Å². The van der Waals surface area contributed by atoms with Crippen molar-refractivity contribution < 1.29 is 18.0 Å². The number of halogens is 3. The molecule has 0 radical (unpaired) electrons. The highest BCUT2D eigenvalue weighted by molar-refractivity contribution is 9.10. The molecule has 0 aromatic heterocycles. The molecule has 2 amide bonds. The van der Waals surface area contributed by atoms with Gasteiger partial charge in [0.15, 0.2) is 0 Å². The van der Waals surface area contributed by atoms with Crippen molar-refractivity contribution in [2.24, 2.45) is 0 Å². The summed E-state index contributed by atoms with van der Waals surface area (Å²) in [5, 5.41) is 3.54. The van der Waals surface area contributed by atoms with Crippen molar-refractivity contribution in [3.63, 3.8) is 0 Å². The van der Waals surface area contributed by atoms with Crippen LogP contribution in [-0.4, -0.2) is 44.3 Å². The zero-order valence-corrected chi connectivity index (χ0v) is 26.4. The molecule has 3 aromatic carbocycles. The largest absolute Gasteiger partial charge is 0.354 e. The quantitative estimate of drug-likeness (QED) is 0.236. The van der Waals surface area contributed by atoms with E-state index in [0.717, 1.165) is 20.8 Å². The van der Waals surface area contributed by atoms with Gasteiger partial charge in [0.25, 0.3) is 10.0 Å². The van der Waals surface area contributed by atoms with Gasteiger partial charge in [-0.15, -0.1) is 0 Å². The maximum Gasteiger partial charge on any atom is 0.264 e. The Morgan fingerprint density at radius 1 is 0.950 bits per heavy atom. The third-order valence-corrected chi connectivity index (χ3v) is 9.33. The average Bonchev–Trinajstić information content (AvgIpc) is 2.93. The van der Waals surface area contributed by atoms with Gasteiger partial charge in [0, 0.05) is 17.6 Å². The lowest BCUT2D eigenvalue weighted by molar-refractivity contribution is -0.140. The number of aryl methyl sites for hydroxylation is 1. The van der Waals surface area contributed by atoms with E-state index >= 15 is 0 Å². The molecule has 0 aliphatic carbocycles. The predicted molar refractivity (Wildman–Crippen MR) is 164 cm³/mol. The molecule has 1 atom stereocenters. The van der Waals surface area contributed by atoms with Crippen LogP contribution >= 0.6 is 39.1 Å². The number of rotatable bonds is 12. The fourth-order valence-electron chi connectivity index (χ4n) is 4.09. The number of carbonyl (C=O) groups excluding carboxylic acids is 2. The second kappa shape index (κ2) is 14.3. The van der Waals surface area contributed by atoms with Crippen LogP contribution in [0.5, 0.6) is 0 Å². The zero-order valence-electron chi connectivity index (χ0n) is 22.5. The molecule has 0 spiro atoms. The third kappa shape index (κ3) is 8.00. The van der Waals surface area contributed by atoms with E-state index < -0.39 is 28.5 Å². The normalized spacial score (nSPS) is 12.1. The van der Waals surface area contributed by atoms with Crippen LogP contribution in [0.15, 0.2) is 76.1 Å². The topological polar surface area (TPSA) is 86.8 Å². The zero-order chi connectivity index (χ0) is 29.4. The van der Waals surface area contributed by atoms with Gasteiger partial charge in [-0.3, -0.25) is 13.9 Å². The van der Waals surface area contributed by atoms with Crippen molar-refractivity contribution in [1.29, 1.82) is 0 Å². The van der Waals surface area contributed by atoms with E-state index in [4.69, 9.17) is 23.2 Å². The van der Waals surface area contributed by atoms with Crippen molar-refractivity contribution in [1.82, 2.24) is 10.2 Å². The second-order valence-electron chi connectivity index (χ2n) is 9.29. The number of nitrogens with one attached hydrogen (secondary N) is 1. The van der Waals surface area contributed by atoms with Crippen LogP contribution < -0.4 is 9.62 Å². The summed E-state index contributed by atoms with van der Waals surface area (Å²) in [5.41, 5.74) is 1.87. The molecule has 214 valence electrons. The minimum atomic E-state index is -4.13. The molecule has 0 aliphatic heterocycles. The molecule has 3 aromatic rings. The van der Waals surface area contributed by atoms with Crippen LogP contribution in [0, 0.1) is 6.92 Å². The summed E-state index contributed by atoms with van der Waals surface area (Å²) in [6, 6.07) is 17.2. The fourth-order valence-corrected chi connectivity index (χ4v) is 6.09. The Bertz CT molecular complexity index is 1430. The summed E-state index contributed by atoms with van der Waals surface area (Å²) in [4.78, 5) is 28.6. The van der Waals surface area contributed by atoms with E-state index in [1.54, 1.807) is 61.5 Å². The fraction of sp³-hybridized carbons (Fsp3) is 0.310. The molecule has 0 unspecified atom stereocenters. The minimum Gasteiger partial charge on any atom is -0.354 e. The van der Waals surface area contributed by atoms with Gasteiger partial charge in [-0.2, -0.15) is 0 Å². The summed E-state index contributed by atoms with van der Waals surface area (Å²) < 4.78 is 29.6. The minimum absolute atomic E-state index is 0.0343. The molecular formula is C29H32BrCl2N3O4S. The summed E-state index contributed by atoms with van der Waals surface area (Å²) in [7, 11) is -4.13. The number of nitrogens with zero attached hydrogens (tertiary/aromatic N) is 2. The van der Waals surface area contributed by atoms with E-state index in [0.29, 0.717) is 34.3 Å². The van der Waals surface area contributed by atoms with Crippen LogP contribution in [0.2, 0.25) is 10.0 Å². The van der Waals surface area contributed by atoms with Crippen molar-refractivity contribution in [2.75, 3.05) is 17.4 Å². The van der Waals surface area contributed by atoms with Crippen LogP contribution in [0.3, 0.4) is 0 Å². The molecule has 0 aliphatic rings. The van der Waals surface area contributed by atoms with E-state index in [9.17, 15) is 18.0 Å². The summed E-state index contributed by atoms with van der Waals surface area (Å²) >= 11 is 15.7. The van der Waals surface area contributed by atoms with Gasteiger partial charge in [0.1, 0.15) is 12.6 Å². The Morgan fingerprint density at radius 3 is 2.17 bits per heavy atom. The predicted octanol–water partition coefficient (Wildman–Crippen LogP) is 6.59. The number of hydrogen-bond acceptors (Lipinski definition) is 4. The lowest BCUT2D eigenvalue weighted by Crippen LogP contribution is -2.52. The lowest BCUT2D eigenvalue weighted by Gasteiger charge is -2.33. The van der Waals surface area contributed by atoms with Crippen molar-refractivity contribution >= 4 is 66.7 Å². The van der Waals surface area contributed by atoms with Gasteiger partial charge >= 0.3 is 0 Å². The summed E-state index contributed by atoms with van der Waals surface area (Å²) in [6.07, 6.45) is 1.06. The van der Waals surface area contributed by atoms with Crippen molar-refractivity contribution in [3.8, 4) is 0 Å². The molecule has 11 heteroatoms. The SMILES string of the molecule is CCCNC(=O)[C@H](CC)N(Cc1ccc(Cl)c(Cl)c1)C(=O)CN(c1ccc(Br)cc1)S(=O)(=O)c1ccc(C)cc1. The number of sulfonamides is 1. The van der Waals surface area contributed by atoms with Gasteiger partial charge in [-0.05, 0) is 73.9 Å². The first-order valence-corrected chi connectivity index (χ1v) is 15.8. The molecule has 0 heterocycles. The molecule has 1 N–H and O–H groups in total. The van der Waals surface area contributed by atoms with E-state index in [1.165, 1.54) is 17.0 Å². The molecule has 0 bridgehead atoms. The van der Waals surface area contributed by atoms with E-state index in [1.807, 2.05) is 13.8 Å². The molecule has 0 fully saturated rings. The number of benzene rings is 3. The van der Waals surface area contributed by atoms with Gasteiger partial charge < -0.3 is 10.2 Å². The Hall–Kier alpha value is -2.59. The van der Waals surface area contributed by atoms with Crippen molar-refractivity contribution in [2.45, 2.75) is 51.1 Å². The summed E-state index contributed by atoms with van der Waals surface area (Å²) in [6.45, 7) is 5.58. The van der Waals surface area contributed by atoms with Gasteiger partial charge in [-0.25, -0.2) is 8.42 Å². The molecule has 40 heavy (non-hydrogen) atoms. The standard InChI is InChI=1S/C29H32BrCl2N3O4S/c1-4-16-33-29(37)27(5-2)34(18-21-8-15-25(31)26(32)17-21)28(36)19-35(23-11-9-22(30)10-12-23)40(38,39)24-13-6-20(3)7-14-24/h6-15,17,27H,4-5,16,18-19H2,1-3H3,(H,33,37)/t27-/m0/s1. The maximum atomic E-state index is 14.0. The highest BCUT2D eigenvalue weighted by Crippen LogP contribution is 2.27. The molecule has 0 saturated heterocycles. The molecule has 7 nitrogen and oxygen atoms in total. The van der Waals surface area contributed by atoms with Gasteiger partial charge in [-0.1, -0.05) is 76.7 Å². The smallest absolute Gasteiger partial charge is 0.264 e. The Morgan fingerprint density at radius 2 is 1.60 bits per heavy atom. The third-order valence-electron chi connectivity index (χ3n) is 6.27. The average molecular weight is 669 g/mol. The number of amides is 2. The first-order valence-electron chi connectivity index (χ1n) is 12.8. The van der Waals surface area contributed by atoms with Gasteiger partial charge in [0.2, 0.25) is 11.8 Å². The van der Waals surface area contributed by atoms with Crippen LogP contribution in [-0.2, 0) is 26.2 Å². The van der Waals surface area contributed by atoms with Crippen LogP contribution in [0.1, 0.15) is 37.8 Å². The Kier molecular flexibility index (Phi) is 11.5.